The Labute approximate surface area is 126 Å². The normalized spacial score (nSPS) is 16.8. The molecule has 1 aliphatic heterocycles. The number of benzene rings is 1. The van der Waals surface area contributed by atoms with E-state index in [1.807, 2.05) is 19.2 Å². The molecule has 1 aliphatic rings. The fraction of sp³-hybridized carbons (Fsp3) is 0.625. The van der Waals surface area contributed by atoms with Gasteiger partial charge in [0.1, 0.15) is 0 Å². The van der Waals surface area contributed by atoms with Gasteiger partial charge in [-0.3, -0.25) is 0 Å². The maximum Gasteiger partial charge on any atom is 0.162 e. The third kappa shape index (κ3) is 3.80. The van der Waals surface area contributed by atoms with E-state index in [4.69, 9.17) is 9.47 Å². The molecular formula is C16H26N2O3. The summed E-state index contributed by atoms with van der Waals surface area (Å²) in [7, 11) is 5.07. The van der Waals surface area contributed by atoms with Crippen LogP contribution in [-0.2, 0) is 0 Å². The Balaban J connectivity index is 2.12. The quantitative estimate of drug-likeness (QED) is 0.808. The molecule has 1 unspecified atom stereocenters. The van der Waals surface area contributed by atoms with Gasteiger partial charge in [-0.05, 0) is 38.4 Å². The summed E-state index contributed by atoms with van der Waals surface area (Å²) >= 11 is 0. The molecule has 5 heteroatoms. The van der Waals surface area contributed by atoms with E-state index >= 15 is 0 Å². The van der Waals surface area contributed by atoms with Crippen molar-refractivity contribution in [1.29, 1.82) is 0 Å². The smallest absolute Gasteiger partial charge is 0.162 e. The van der Waals surface area contributed by atoms with Crippen molar-refractivity contribution >= 4 is 5.69 Å². The topological polar surface area (TPSA) is 54.0 Å². The van der Waals surface area contributed by atoms with Gasteiger partial charge in [-0.2, -0.15) is 0 Å². The van der Waals surface area contributed by atoms with Crippen LogP contribution in [0.25, 0.3) is 0 Å². The molecule has 0 amide bonds. The summed E-state index contributed by atoms with van der Waals surface area (Å²) in [5, 5.41) is 13.6. The standard InChI is InChI=1S/C16H26N2O3/c1-17-13-11-16(21-3)15(20-2)10-12(13)14(19)6-9-18-7-4-5-8-18/h10-11,14,17,19H,4-9H2,1-3H3. The van der Waals surface area contributed by atoms with E-state index in [2.05, 4.69) is 10.2 Å². The molecule has 5 nitrogen and oxygen atoms in total. The monoisotopic (exact) mass is 294 g/mol. The molecule has 0 saturated carbocycles. The molecule has 21 heavy (non-hydrogen) atoms. The average molecular weight is 294 g/mol. The fourth-order valence-electron chi connectivity index (χ4n) is 2.85. The van der Waals surface area contributed by atoms with Crippen LogP contribution in [0.3, 0.4) is 0 Å². The van der Waals surface area contributed by atoms with Crippen LogP contribution < -0.4 is 14.8 Å². The highest BCUT2D eigenvalue weighted by Gasteiger charge is 2.19. The zero-order valence-corrected chi connectivity index (χ0v) is 13.2. The van der Waals surface area contributed by atoms with Crippen molar-refractivity contribution in [2.45, 2.75) is 25.4 Å². The minimum Gasteiger partial charge on any atom is -0.493 e. The largest absolute Gasteiger partial charge is 0.493 e. The number of aliphatic hydroxyl groups excluding tert-OH is 1. The van der Waals surface area contributed by atoms with E-state index < -0.39 is 6.10 Å². The van der Waals surface area contributed by atoms with Crippen LogP contribution >= 0.6 is 0 Å². The predicted molar refractivity (Wildman–Crippen MR) is 84.3 cm³/mol. The van der Waals surface area contributed by atoms with Crippen LogP contribution in [0.5, 0.6) is 11.5 Å². The summed E-state index contributed by atoms with van der Waals surface area (Å²) < 4.78 is 10.6. The van der Waals surface area contributed by atoms with E-state index in [1.165, 1.54) is 12.8 Å². The minimum atomic E-state index is -0.507. The second-order valence-corrected chi connectivity index (χ2v) is 5.40. The third-order valence-electron chi connectivity index (χ3n) is 4.10. The molecular weight excluding hydrogens is 268 g/mol. The first-order valence-electron chi connectivity index (χ1n) is 7.53. The fourth-order valence-corrected chi connectivity index (χ4v) is 2.85. The van der Waals surface area contributed by atoms with Crippen LogP contribution in [0, 0.1) is 0 Å². The molecule has 1 aromatic carbocycles. The van der Waals surface area contributed by atoms with Crippen molar-refractivity contribution in [2.75, 3.05) is 46.2 Å². The van der Waals surface area contributed by atoms with Crippen LogP contribution in [0.4, 0.5) is 5.69 Å². The summed E-state index contributed by atoms with van der Waals surface area (Å²) in [6.45, 7) is 3.23. The van der Waals surface area contributed by atoms with Gasteiger partial charge in [-0.15, -0.1) is 0 Å². The molecule has 1 heterocycles. The van der Waals surface area contributed by atoms with Gasteiger partial charge < -0.3 is 24.8 Å². The lowest BCUT2D eigenvalue weighted by atomic mass is 10.0. The second-order valence-electron chi connectivity index (χ2n) is 5.40. The number of rotatable bonds is 7. The molecule has 1 atom stereocenters. The van der Waals surface area contributed by atoms with Crippen LogP contribution in [0.15, 0.2) is 12.1 Å². The molecule has 0 spiro atoms. The zero-order valence-electron chi connectivity index (χ0n) is 13.2. The highest BCUT2D eigenvalue weighted by Crippen LogP contribution is 2.37. The van der Waals surface area contributed by atoms with Crippen molar-refractivity contribution in [3.05, 3.63) is 17.7 Å². The first-order valence-corrected chi connectivity index (χ1v) is 7.53. The number of likely N-dealkylation sites (tertiary alicyclic amines) is 1. The molecule has 0 radical (unpaired) electrons. The summed E-state index contributed by atoms with van der Waals surface area (Å²) in [5.41, 5.74) is 1.73. The number of ether oxygens (including phenoxy) is 2. The molecule has 1 fully saturated rings. The van der Waals surface area contributed by atoms with Crippen molar-refractivity contribution in [2.24, 2.45) is 0 Å². The highest BCUT2D eigenvalue weighted by molar-refractivity contribution is 5.61. The first-order chi connectivity index (χ1) is 10.2. The van der Waals surface area contributed by atoms with E-state index in [9.17, 15) is 5.11 Å². The van der Waals surface area contributed by atoms with E-state index in [1.54, 1.807) is 14.2 Å². The van der Waals surface area contributed by atoms with Crippen LogP contribution in [0.1, 0.15) is 30.9 Å². The Bertz CT molecular complexity index is 459. The maximum absolute atomic E-state index is 10.5. The van der Waals surface area contributed by atoms with Crippen molar-refractivity contribution in [1.82, 2.24) is 4.90 Å². The zero-order chi connectivity index (χ0) is 15.2. The van der Waals surface area contributed by atoms with Crippen molar-refractivity contribution in [3.8, 4) is 11.5 Å². The maximum atomic E-state index is 10.5. The molecule has 0 bridgehead atoms. The van der Waals surface area contributed by atoms with Crippen LogP contribution in [-0.4, -0.2) is 50.9 Å². The number of nitrogens with zero attached hydrogens (tertiary/aromatic N) is 1. The van der Waals surface area contributed by atoms with Gasteiger partial charge in [-0.1, -0.05) is 0 Å². The van der Waals surface area contributed by atoms with E-state index in [0.29, 0.717) is 11.5 Å². The summed E-state index contributed by atoms with van der Waals surface area (Å²) in [5.74, 6) is 1.31. The lowest BCUT2D eigenvalue weighted by Crippen LogP contribution is -2.22. The molecule has 1 aromatic rings. The molecule has 2 rings (SSSR count). The van der Waals surface area contributed by atoms with E-state index in [0.717, 1.165) is 37.3 Å². The van der Waals surface area contributed by atoms with Gasteiger partial charge in [0.25, 0.3) is 0 Å². The summed E-state index contributed by atoms with van der Waals surface area (Å²) in [4.78, 5) is 2.41. The second kappa shape index (κ2) is 7.52. The number of aliphatic hydroxyl groups is 1. The number of hydrogen-bond acceptors (Lipinski definition) is 5. The lowest BCUT2D eigenvalue weighted by molar-refractivity contribution is 0.149. The Morgan fingerprint density at radius 3 is 2.38 bits per heavy atom. The molecule has 0 aromatic heterocycles. The van der Waals surface area contributed by atoms with Gasteiger partial charge >= 0.3 is 0 Å². The van der Waals surface area contributed by atoms with Gasteiger partial charge in [0.05, 0.1) is 20.3 Å². The molecule has 0 aliphatic carbocycles. The predicted octanol–water partition coefficient (Wildman–Crippen LogP) is 2.26. The van der Waals surface area contributed by atoms with Crippen molar-refractivity contribution in [3.63, 3.8) is 0 Å². The van der Waals surface area contributed by atoms with Gasteiger partial charge in [0, 0.05) is 30.9 Å². The molecule has 118 valence electrons. The Morgan fingerprint density at radius 2 is 1.81 bits per heavy atom. The van der Waals surface area contributed by atoms with E-state index in [-0.39, 0.29) is 0 Å². The number of nitrogens with one attached hydrogen (secondary N) is 1. The van der Waals surface area contributed by atoms with Crippen molar-refractivity contribution < 1.29 is 14.6 Å². The molecule has 2 N–H and O–H groups in total. The number of anilines is 1. The third-order valence-corrected chi connectivity index (χ3v) is 4.10. The highest BCUT2D eigenvalue weighted by atomic mass is 16.5. The minimum absolute atomic E-state index is 0.507. The van der Waals surface area contributed by atoms with Gasteiger partial charge in [0.2, 0.25) is 0 Å². The summed E-state index contributed by atoms with van der Waals surface area (Å²) in [6.07, 6.45) is 2.76. The Kier molecular flexibility index (Phi) is 5.70. The Hall–Kier alpha value is -1.46. The molecule has 1 saturated heterocycles. The summed E-state index contributed by atoms with van der Waals surface area (Å²) in [6, 6.07) is 3.73. The van der Waals surface area contributed by atoms with Gasteiger partial charge in [-0.25, -0.2) is 0 Å². The Morgan fingerprint density at radius 1 is 1.19 bits per heavy atom. The SMILES string of the molecule is CNc1cc(OC)c(OC)cc1C(O)CCN1CCCC1. The average Bonchev–Trinajstić information content (AvgIpc) is 3.04. The lowest BCUT2D eigenvalue weighted by Gasteiger charge is -2.21. The number of methoxy groups -OCH3 is 2. The first kappa shape index (κ1) is 15.9. The van der Waals surface area contributed by atoms with Gasteiger partial charge in [0.15, 0.2) is 11.5 Å². The number of hydrogen-bond donors (Lipinski definition) is 2. The van der Waals surface area contributed by atoms with Crippen LogP contribution in [0.2, 0.25) is 0 Å².